The van der Waals surface area contributed by atoms with Crippen molar-refractivity contribution in [3.8, 4) is 5.75 Å². The highest BCUT2D eigenvalue weighted by Crippen LogP contribution is 2.19. The number of hydrogen-bond acceptors (Lipinski definition) is 5. The van der Waals surface area contributed by atoms with Crippen LogP contribution >= 0.6 is 0 Å². The number of carboxylic acid groups (broad SMARTS) is 1. The van der Waals surface area contributed by atoms with E-state index < -0.39 is 5.97 Å². The van der Waals surface area contributed by atoms with Crippen LogP contribution in [0, 0.1) is 0 Å². The molecule has 0 unspecified atom stereocenters. The summed E-state index contributed by atoms with van der Waals surface area (Å²) in [5.74, 6) is -1.30. The first-order valence-electron chi connectivity index (χ1n) is 7.53. The molecule has 2 N–H and O–H groups in total. The predicted octanol–water partition coefficient (Wildman–Crippen LogP) is 1.24. The van der Waals surface area contributed by atoms with E-state index in [9.17, 15) is 9.90 Å². The van der Waals surface area contributed by atoms with Gasteiger partial charge in [0.2, 0.25) is 0 Å². The average Bonchev–Trinajstić information content (AvgIpc) is 2.49. The van der Waals surface area contributed by atoms with E-state index in [2.05, 4.69) is 16.7 Å². The van der Waals surface area contributed by atoms with Crippen molar-refractivity contribution in [2.24, 2.45) is 0 Å². The van der Waals surface area contributed by atoms with E-state index in [4.69, 9.17) is 9.84 Å². The maximum absolute atomic E-state index is 11.1. The minimum absolute atomic E-state index is 0.0490. The van der Waals surface area contributed by atoms with Crippen molar-refractivity contribution >= 4 is 5.97 Å². The molecule has 0 amide bonds. The standard InChI is InChI=1S/C16H24N2O4/c1-12(18-5-7-22-8-6-18)10-17(2)11-13-3-4-15(19)14(9-13)16(20)21/h3-4,9,12,19H,5-8,10-11H2,1-2H3,(H,20,21)/t12-/m1/s1. The molecule has 1 atom stereocenters. The minimum atomic E-state index is -1.11. The fourth-order valence-corrected chi connectivity index (χ4v) is 2.81. The number of aromatic carboxylic acids is 1. The van der Waals surface area contributed by atoms with E-state index in [1.807, 2.05) is 7.05 Å². The second-order valence-electron chi connectivity index (χ2n) is 5.85. The molecule has 122 valence electrons. The summed E-state index contributed by atoms with van der Waals surface area (Å²) in [7, 11) is 2.02. The van der Waals surface area contributed by atoms with Crippen molar-refractivity contribution in [3.05, 3.63) is 29.3 Å². The van der Waals surface area contributed by atoms with Gasteiger partial charge in [-0.2, -0.15) is 0 Å². The molecule has 1 aliphatic rings. The number of ether oxygens (including phenoxy) is 1. The van der Waals surface area contributed by atoms with Gasteiger partial charge in [-0.05, 0) is 31.7 Å². The lowest BCUT2D eigenvalue weighted by atomic mass is 10.1. The zero-order valence-electron chi connectivity index (χ0n) is 13.2. The number of benzene rings is 1. The second-order valence-corrected chi connectivity index (χ2v) is 5.85. The number of carbonyl (C=O) groups is 1. The van der Waals surface area contributed by atoms with E-state index >= 15 is 0 Å². The van der Waals surface area contributed by atoms with Crippen molar-refractivity contribution in [1.29, 1.82) is 0 Å². The van der Waals surface area contributed by atoms with Gasteiger partial charge in [0.1, 0.15) is 11.3 Å². The molecule has 0 spiro atoms. The van der Waals surface area contributed by atoms with E-state index in [0.29, 0.717) is 12.6 Å². The Morgan fingerprint density at radius 2 is 2.09 bits per heavy atom. The van der Waals surface area contributed by atoms with Gasteiger partial charge in [0.15, 0.2) is 0 Å². The molecule has 0 aliphatic carbocycles. The number of aromatic hydroxyl groups is 1. The summed E-state index contributed by atoms with van der Waals surface area (Å²) in [6, 6.07) is 5.16. The number of likely N-dealkylation sites (N-methyl/N-ethyl adjacent to an activating group) is 1. The molecular formula is C16H24N2O4. The molecule has 1 aromatic carbocycles. The molecule has 6 heteroatoms. The number of nitrogens with zero attached hydrogens (tertiary/aromatic N) is 2. The molecule has 0 saturated carbocycles. The summed E-state index contributed by atoms with van der Waals surface area (Å²) in [4.78, 5) is 15.6. The largest absolute Gasteiger partial charge is 0.507 e. The smallest absolute Gasteiger partial charge is 0.339 e. The number of hydrogen-bond donors (Lipinski definition) is 2. The third-order valence-electron chi connectivity index (χ3n) is 3.99. The van der Waals surface area contributed by atoms with E-state index in [1.165, 1.54) is 12.1 Å². The summed E-state index contributed by atoms with van der Waals surface area (Å²) in [5, 5.41) is 18.6. The SMILES string of the molecule is C[C@H](CN(C)Cc1ccc(O)c(C(=O)O)c1)N1CCOCC1. The fourth-order valence-electron chi connectivity index (χ4n) is 2.81. The van der Waals surface area contributed by atoms with Gasteiger partial charge in [-0.3, -0.25) is 4.90 Å². The molecule has 1 aromatic rings. The number of rotatable bonds is 6. The van der Waals surface area contributed by atoms with E-state index in [-0.39, 0.29) is 11.3 Å². The first-order valence-corrected chi connectivity index (χ1v) is 7.53. The Morgan fingerprint density at radius 3 is 2.73 bits per heavy atom. The number of carboxylic acids is 1. The first-order chi connectivity index (χ1) is 10.5. The molecule has 22 heavy (non-hydrogen) atoms. The van der Waals surface area contributed by atoms with Crippen LogP contribution in [0.25, 0.3) is 0 Å². The summed E-state index contributed by atoms with van der Waals surface area (Å²) in [6.07, 6.45) is 0. The molecule has 1 saturated heterocycles. The Labute approximate surface area is 130 Å². The summed E-state index contributed by atoms with van der Waals surface area (Å²) in [6.45, 7) is 7.22. The van der Waals surface area contributed by atoms with Gasteiger partial charge in [-0.1, -0.05) is 6.07 Å². The third kappa shape index (κ3) is 4.43. The maximum atomic E-state index is 11.1. The number of phenols is 1. The van der Waals surface area contributed by atoms with Crippen LogP contribution in [-0.4, -0.2) is 71.9 Å². The van der Waals surface area contributed by atoms with Gasteiger partial charge in [-0.25, -0.2) is 4.79 Å². The van der Waals surface area contributed by atoms with Crippen LogP contribution in [-0.2, 0) is 11.3 Å². The summed E-state index contributed by atoms with van der Waals surface area (Å²) in [5.41, 5.74) is 0.832. The van der Waals surface area contributed by atoms with Crippen molar-refractivity contribution in [2.45, 2.75) is 19.5 Å². The first kappa shape index (κ1) is 16.7. The highest BCUT2D eigenvalue weighted by atomic mass is 16.5. The van der Waals surface area contributed by atoms with Crippen molar-refractivity contribution in [3.63, 3.8) is 0 Å². The molecule has 1 aliphatic heterocycles. The Morgan fingerprint density at radius 1 is 1.41 bits per heavy atom. The quantitative estimate of drug-likeness (QED) is 0.824. The van der Waals surface area contributed by atoms with Gasteiger partial charge in [0, 0.05) is 32.2 Å². The summed E-state index contributed by atoms with van der Waals surface area (Å²) < 4.78 is 5.36. The molecular weight excluding hydrogens is 284 g/mol. The van der Waals surface area contributed by atoms with Gasteiger partial charge >= 0.3 is 5.97 Å². The molecule has 0 bridgehead atoms. The van der Waals surface area contributed by atoms with Crippen LogP contribution in [0.4, 0.5) is 0 Å². The Hall–Kier alpha value is -1.63. The third-order valence-corrected chi connectivity index (χ3v) is 3.99. The normalized spacial score (nSPS) is 17.6. The van der Waals surface area contributed by atoms with Crippen LogP contribution < -0.4 is 0 Å². The average molecular weight is 308 g/mol. The van der Waals surface area contributed by atoms with Crippen molar-refractivity contribution in [1.82, 2.24) is 9.80 Å². The highest BCUT2D eigenvalue weighted by Gasteiger charge is 2.18. The monoisotopic (exact) mass is 308 g/mol. The van der Waals surface area contributed by atoms with E-state index in [0.717, 1.165) is 38.4 Å². The highest BCUT2D eigenvalue weighted by molar-refractivity contribution is 5.90. The zero-order valence-corrected chi connectivity index (χ0v) is 13.2. The lowest BCUT2D eigenvalue weighted by molar-refractivity contribution is 0.0137. The molecule has 0 aromatic heterocycles. The van der Waals surface area contributed by atoms with Crippen LogP contribution in [0.15, 0.2) is 18.2 Å². The van der Waals surface area contributed by atoms with Crippen LogP contribution in [0.2, 0.25) is 0 Å². The molecule has 1 fully saturated rings. The lowest BCUT2D eigenvalue weighted by Crippen LogP contribution is -2.46. The van der Waals surface area contributed by atoms with Gasteiger partial charge in [0.25, 0.3) is 0 Å². The summed E-state index contributed by atoms with van der Waals surface area (Å²) >= 11 is 0. The molecule has 1 heterocycles. The lowest BCUT2D eigenvalue weighted by Gasteiger charge is -2.34. The molecule has 2 rings (SSSR count). The molecule has 0 radical (unpaired) electrons. The Balaban J connectivity index is 1.92. The van der Waals surface area contributed by atoms with Gasteiger partial charge in [-0.15, -0.1) is 0 Å². The topological polar surface area (TPSA) is 73.2 Å². The zero-order chi connectivity index (χ0) is 16.1. The Kier molecular flexibility index (Phi) is 5.76. The maximum Gasteiger partial charge on any atom is 0.339 e. The second kappa shape index (κ2) is 7.58. The number of morpholine rings is 1. The fraction of sp³-hybridized carbons (Fsp3) is 0.562. The van der Waals surface area contributed by atoms with Gasteiger partial charge in [0.05, 0.1) is 13.2 Å². The predicted molar refractivity (Wildman–Crippen MR) is 83.3 cm³/mol. The van der Waals surface area contributed by atoms with Crippen LogP contribution in [0.3, 0.4) is 0 Å². The van der Waals surface area contributed by atoms with Crippen molar-refractivity contribution < 1.29 is 19.7 Å². The Bertz CT molecular complexity index is 515. The molecule has 6 nitrogen and oxygen atoms in total. The van der Waals surface area contributed by atoms with Crippen LogP contribution in [0.5, 0.6) is 5.75 Å². The van der Waals surface area contributed by atoms with Gasteiger partial charge < -0.3 is 19.8 Å². The van der Waals surface area contributed by atoms with E-state index in [1.54, 1.807) is 6.07 Å². The van der Waals surface area contributed by atoms with Crippen molar-refractivity contribution in [2.75, 3.05) is 39.9 Å². The van der Waals surface area contributed by atoms with Crippen LogP contribution in [0.1, 0.15) is 22.8 Å². The minimum Gasteiger partial charge on any atom is -0.507 e.